The molecule has 0 aromatic rings. The summed E-state index contributed by atoms with van der Waals surface area (Å²) in [6, 6.07) is -0.143. The fraction of sp³-hybridized carbons (Fsp3) is 0.833. The second-order valence-corrected chi connectivity index (χ2v) is 3.96. The first kappa shape index (κ1) is 10.4. The molecular formula is C6H14N2O2S. The van der Waals surface area contributed by atoms with Crippen molar-refractivity contribution in [3.05, 3.63) is 0 Å². The van der Waals surface area contributed by atoms with E-state index in [1.54, 1.807) is 20.4 Å². The molecular weight excluding hydrogens is 164 g/mol. The summed E-state index contributed by atoms with van der Waals surface area (Å²) in [7, 11) is 2.50. The maximum absolute atomic E-state index is 10.8. The number of hydrogen-bond acceptors (Lipinski definition) is 2. The zero-order valence-electron chi connectivity index (χ0n) is 7.09. The molecule has 0 aromatic heterocycles. The zero-order valence-corrected chi connectivity index (χ0v) is 7.90. The van der Waals surface area contributed by atoms with Gasteiger partial charge < -0.3 is 10.2 Å². The van der Waals surface area contributed by atoms with Gasteiger partial charge in [-0.25, -0.2) is 4.79 Å². The number of amides is 2. The number of carbonyl (C=O) groups is 1. The maximum Gasteiger partial charge on any atom is 0.316 e. The van der Waals surface area contributed by atoms with Gasteiger partial charge in [0.25, 0.3) is 0 Å². The molecule has 1 unspecified atom stereocenters. The SMILES string of the molecule is CN(C)C(=O)NCCS(C)=O. The van der Waals surface area contributed by atoms with Crippen LogP contribution in [0.2, 0.25) is 0 Å². The molecule has 0 saturated heterocycles. The number of carbonyl (C=O) groups excluding carboxylic acids is 1. The second-order valence-electron chi connectivity index (χ2n) is 2.40. The highest BCUT2D eigenvalue weighted by Crippen LogP contribution is 1.77. The molecule has 0 heterocycles. The topological polar surface area (TPSA) is 49.4 Å². The number of rotatable bonds is 3. The normalized spacial score (nSPS) is 12.3. The smallest absolute Gasteiger partial charge is 0.316 e. The third kappa shape index (κ3) is 5.84. The molecule has 0 saturated carbocycles. The van der Waals surface area contributed by atoms with Gasteiger partial charge in [-0.1, -0.05) is 0 Å². The Morgan fingerprint density at radius 3 is 2.45 bits per heavy atom. The van der Waals surface area contributed by atoms with Crippen LogP contribution >= 0.6 is 0 Å². The lowest BCUT2D eigenvalue weighted by molar-refractivity contribution is 0.218. The van der Waals surface area contributed by atoms with E-state index in [1.165, 1.54) is 4.90 Å². The Morgan fingerprint density at radius 1 is 1.55 bits per heavy atom. The molecule has 0 aliphatic rings. The lowest BCUT2D eigenvalue weighted by Crippen LogP contribution is -2.36. The quantitative estimate of drug-likeness (QED) is 0.641. The first-order valence-corrected chi connectivity index (χ1v) is 5.02. The molecule has 1 atom stereocenters. The van der Waals surface area contributed by atoms with E-state index >= 15 is 0 Å². The Balaban J connectivity index is 3.39. The first-order valence-electron chi connectivity index (χ1n) is 3.29. The minimum absolute atomic E-state index is 0.143. The molecule has 0 aromatic carbocycles. The number of nitrogens with one attached hydrogen (secondary N) is 1. The fourth-order valence-electron chi connectivity index (χ4n) is 0.460. The van der Waals surface area contributed by atoms with E-state index in [-0.39, 0.29) is 6.03 Å². The van der Waals surface area contributed by atoms with Gasteiger partial charge in [0.1, 0.15) is 0 Å². The highest BCUT2D eigenvalue weighted by molar-refractivity contribution is 7.84. The minimum Gasteiger partial charge on any atom is -0.337 e. The average Bonchev–Trinajstić information content (AvgIpc) is 1.86. The fourth-order valence-corrected chi connectivity index (χ4v) is 0.849. The molecule has 0 radical (unpaired) electrons. The molecule has 0 rings (SSSR count). The summed E-state index contributed by atoms with van der Waals surface area (Å²) in [4.78, 5) is 12.3. The van der Waals surface area contributed by atoms with Gasteiger partial charge in [-0.05, 0) is 0 Å². The van der Waals surface area contributed by atoms with Crippen LogP contribution in [0.4, 0.5) is 4.79 Å². The first-order chi connectivity index (χ1) is 5.04. The molecule has 0 aliphatic heterocycles. The molecule has 0 fully saturated rings. The van der Waals surface area contributed by atoms with Crippen LogP contribution < -0.4 is 5.32 Å². The third-order valence-electron chi connectivity index (χ3n) is 1.07. The largest absolute Gasteiger partial charge is 0.337 e. The van der Waals surface area contributed by atoms with E-state index in [4.69, 9.17) is 0 Å². The van der Waals surface area contributed by atoms with Crippen LogP contribution in [0.5, 0.6) is 0 Å². The highest BCUT2D eigenvalue weighted by atomic mass is 32.2. The van der Waals surface area contributed by atoms with Crippen molar-refractivity contribution in [1.29, 1.82) is 0 Å². The predicted octanol–water partition coefficient (Wildman–Crippen LogP) is -0.364. The van der Waals surface area contributed by atoms with Crippen molar-refractivity contribution in [3.8, 4) is 0 Å². The van der Waals surface area contributed by atoms with Crippen molar-refractivity contribution >= 4 is 16.8 Å². The van der Waals surface area contributed by atoms with E-state index in [0.29, 0.717) is 12.3 Å². The summed E-state index contributed by atoms with van der Waals surface area (Å²) in [5.74, 6) is 0.513. The van der Waals surface area contributed by atoms with Gasteiger partial charge in [-0.15, -0.1) is 0 Å². The predicted molar refractivity (Wildman–Crippen MR) is 46.0 cm³/mol. The van der Waals surface area contributed by atoms with Crippen LogP contribution in [-0.2, 0) is 10.8 Å². The molecule has 1 N–H and O–H groups in total. The van der Waals surface area contributed by atoms with Gasteiger partial charge in [0.15, 0.2) is 0 Å². The molecule has 0 spiro atoms. The molecule has 0 bridgehead atoms. The number of nitrogens with zero attached hydrogens (tertiary/aromatic N) is 1. The van der Waals surface area contributed by atoms with Gasteiger partial charge in [0.2, 0.25) is 0 Å². The van der Waals surface area contributed by atoms with Crippen molar-refractivity contribution in [2.45, 2.75) is 0 Å². The lowest BCUT2D eigenvalue weighted by Gasteiger charge is -2.10. The van der Waals surface area contributed by atoms with Crippen LogP contribution in [0, 0.1) is 0 Å². The Labute approximate surface area is 69.4 Å². The summed E-state index contributed by atoms with van der Waals surface area (Å²) < 4.78 is 10.5. The third-order valence-corrected chi connectivity index (χ3v) is 1.85. The highest BCUT2D eigenvalue weighted by Gasteiger charge is 2.00. The summed E-state index contributed by atoms with van der Waals surface area (Å²) in [5, 5.41) is 2.61. The van der Waals surface area contributed by atoms with Crippen molar-refractivity contribution in [3.63, 3.8) is 0 Å². The van der Waals surface area contributed by atoms with Gasteiger partial charge >= 0.3 is 6.03 Å². The Kier molecular flexibility index (Phi) is 4.85. The van der Waals surface area contributed by atoms with Crippen molar-refractivity contribution in [2.24, 2.45) is 0 Å². The number of urea groups is 1. The Morgan fingerprint density at radius 2 is 2.09 bits per heavy atom. The number of hydrogen-bond donors (Lipinski definition) is 1. The zero-order chi connectivity index (χ0) is 8.85. The minimum atomic E-state index is -0.828. The average molecular weight is 178 g/mol. The van der Waals surface area contributed by atoms with E-state index in [9.17, 15) is 9.00 Å². The van der Waals surface area contributed by atoms with Gasteiger partial charge in [0, 0.05) is 43.4 Å². The van der Waals surface area contributed by atoms with Gasteiger partial charge in [-0.3, -0.25) is 4.21 Å². The van der Waals surface area contributed by atoms with Gasteiger partial charge in [-0.2, -0.15) is 0 Å². The van der Waals surface area contributed by atoms with Crippen LogP contribution in [0.3, 0.4) is 0 Å². The molecule has 4 nitrogen and oxygen atoms in total. The van der Waals surface area contributed by atoms with E-state index < -0.39 is 10.8 Å². The monoisotopic (exact) mass is 178 g/mol. The van der Waals surface area contributed by atoms with Crippen molar-refractivity contribution < 1.29 is 9.00 Å². The van der Waals surface area contributed by atoms with Crippen LogP contribution in [0.25, 0.3) is 0 Å². The summed E-state index contributed by atoms with van der Waals surface area (Å²) in [6.45, 7) is 0.472. The molecule has 0 aliphatic carbocycles. The standard InChI is InChI=1S/C6H14N2O2S/c1-8(2)6(9)7-4-5-11(3)10/h4-5H2,1-3H3,(H,7,9). The van der Waals surface area contributed by atoms with Crippen LogP contribution in [-0.4, -0.2) is 47.8 Å². The maximum atomic E-state index is 10.8. The summed E-state index contributed by atoms with van der Waals surface area (Å²) in [5.41, 5.74) is 0. The van der Waals surface area contributed by atoms with Crippen LogP contribution in [0.15, 0.2) is 0 Å². The molecule has 5 heteroatoms. The van der Waals surface area contributed by atoms with Crippen molar-refractivity contribution in [1.82, 2.24) is 10.2 Å². The Hall–Kier alpha value is -0.580. The van der Waals surface area contributed by atoms with E-state index in [2.05, 4.69) is 5.32 Å². The van der Waals surface area contributed by atoms with E-state index in [0.717, 1.165) is 0 Å². The Bertz CT molecular complexity index is 159. The van der Waals surface area contributed by atoms with Crippen molar-refractivity contribution in [2.75, 3.05) is 32.6 Å². The van der Waals surface area contributed by atoms with Crippen LogP contribution in [0.1, 0.15) is 0 Å². The summed E-state index contributed by atoms with van der Waals surface area (Å²) in [6.07, 6.45) is 1.61. The second kappa shape index (κ2) is 5.12. The van der Waals surface area contributed by atoms with Gasteiger partial charge in [0.05, 0.1) is 0 Å². The molecule has 66 valence electrons. The lowest BCUT2D eigenvalue weighted by atomic mass is 10.7. The summed E-state index contributed by atoms with van der Waals surface area (Å²) >= 11 is 0. The van der Waals surface area contributed by atoms with E-state index in [1.807, 2.05) is 0 Å². The molecule has 2 amide bonds. The molecule has 11 heavy (non-hydrogen) atoms.